The van der Waals surface area contributed by atoms with Gasteiger partial charge >= 0.3 is 5.97 Å². The molecule has 0 heterocycles. The molecule has 6 nitrogen and oxygen atoms in total. The van der Waals surface area contributed by atoms with Crippen LogP contribution in [-0.4, -0.2) is 42.6 Å². The van der Waals surface area contributed by atoms with Gasteiger partial charge in [-0.05, 0) is 12.1 Å². The molecule has 0 bridgehead atoms. The molecule has 0 aromatic heterocycles. The van der Waals surface area contributed by atoms with E-state index in [4.69, 9.17) is 4.74 Å². The molecule has 1 atom stereocenters. The van der Waals surface area contributed by atoms with Gasteiger partial charge < -0.3 is 19.9 Å². The van der Waals surface area contributed by atoms with Crippen LogP contribution >= 0.6 is 15.9 Å². The van der Waals surface area contributed by atoms with E-state index >= 15 is 0 Å². The van der Waals surface area contributed by atoms with Crippen molar-refractivity contribution >= 4 is 27.8 Å². The molecule has 0 saturated heterocycles. The highest BCUT2D eigenvalue weighted by Crippen LogP contribution is 2.29. The molecule has 1 aromatic rings. The molecule has 1 unspecified atom stereocenters. The highest BCUT2D eigenvalue weighted by molar-refractivity contribution is 9.10. The standard InChI is InChI=1S/C12H14BrNO5/c1-18-9-5-3-4-7(10(9)15)11(16)14-6-8(13)12(17)19-2/h3-5,8,15H,6H2,1-2H3,(H,14,16). The Morgan fingerprint density at radius 2 is 2.11 bits per heavy atom. The van der Waals surface area contributed by atoms with E-state index in [-0.39, 0.29) is 23.6 Å². The van der Waals surface area contributed by atoms with Gasteiger partial charge in [0.2, 0.25) is 0 Å². The molecule has 0 aliphatic heterocycles. The predicted molar refractivity (Wildman–Crippen MR) is 71.7 cm³/mol. The zero-order valence-corrected chi connectivity index (χ0v) is 12.1. The van der Waals surface area contributed by atoms with Gasteiger partial charge in [0.1, 0.15) is 4.83 Å². The zero-order valence-electron chi connectivity index (χ0n) is 10.5. The molecule has 0 radical (unpaired) electrons. The molecule has 104 valence electrons. The maximum absolute atomic E-state index is 11.8. The molecule has 0 fully saturated rings. The first-order valence-electron chi connectivity index (χ1n) is 5.37. The van der Waals surface area contributed by atoms with Gasteiger partial charge in [-0.15, -0.1) is 0 Å². The molecule has 7 heteroatoms. The molecule has 0 aliphatic carbocycles. The minimum atomic E-state index is -0.644. The minimum absolute atomic E-state index is 0.0438. The number of carbonyl (C=O) groups excluding carboxylic acids is 2. The largest absolute Gasteiger partial charge is 0.504 e. The zero-order chi connectivity index (χ0) is 14.4. The first-order valence-corrected chi connectivity index (χ1v) is 6.28. The number of para-hydroxylation sites is 1. The average Bonchev–Trinajstić information content (AvgIpc) is 2.43. The van der Waals surface area contributed by atoms with Crippen LogP contribution in [0.1, 0.15) is 10.4 Å². The van der Waals surface area contributed by atoms with Crippen molar-refractivity contribution in [2.75, 3.05) is 20.8 Å². The third kappa shape index (κ3) is 3.85. The van der Waals surface area contributed by atoms with Crippen LogP contribution in [-0.2, 0) is 9.53 Å². The summed E-state index contributed by atoms with van der Waals surface area (Å²) in [6.45, 7) is 0.0438. The first kappa shape index (κ1) is 15.3. The number of hydrogen-bond donors (Lipinski definition) is 2. The fourth-order valence-corrected chi connectivity index (χ4v) is 1.71. The van der Waals surface area contributed by atoms with Crippen molar-refractivity contribution in [3.63, 3.8) is 0 Å². The summed E-state index contributed by atoms with van der Waals surface area (Å²) in [5, 5.41) is 12.3. The Balaban J connectivity index is 2.71. The Morgan fingerprint density at radius 3 is 2.68 bits per heavy atom. The molecule has 1 aromatic carbocycles. The molecule has 1 rings (SSSR count). The number of carbonyl (C=O) groups is 2. The van der Waals surface area contributed by atoms with Crippen LogP contribution in [0.5, 0.6) is 11.5 Å². The van der Waals surface area contributed by atoms with E-state index in [9.17, 15) is 14.7 Å². The van der Waals surface area contributed by atoms with Crippen LogP contribution in [0.4, 0.5) is 0 Å². The second kappa shape index (κ2) is 6.98. The second-order valence-electron chi connectivity index (χ2n) is 3.56. The summed E-state index contributed by atoms with van der Waals surface area (Å²) >= 11 is 3.07. The lowest BCUT2D eigenvalue weighted by molar-refractivity contribution is -0.139. The number of hydrogen-bond acceptors (Lipinski definition) is 5. The van der Waals surface area contributed by atoms with Crippen LogP contribution in [0.25, 0.3) is 0 Å². The van der Waals surface area contributed by atoms with Gasteiger partial charge in [0, 0.05) is 6.54 Å². The molecule has 0 aliphatic rings. The summed E-state index contributed by atoms with van der Waals surface area (Å²) in [5.74, 6) is -1.04. The van der Waals surface area contributed by atoms with E-state index < -0.39 is 16.7 Å². The third-order valence-corrected chi connectivity index (χ3v) is 3.06. The Kier molecular flexibility index (Phi) is 5.62. The SMILES string of the molecule is COC(=O)C(Br)CNC(=O)c1cccc(OC)c1O. The van der Waals surface area contributed by atoms with Crippen molar-refractivity contribution in [3.8, 4) is 11.5 Å². The van der Waals surface area contributed by atoms with Gasteiger partial charge in [0.05, 0.1) is 19.8 Å². The number of phenols is 1. The average molecular weight is 332 g/mol. The number of halogens is 1. The van der Waals surface area contributed by atoms with Gasteiger partial charge in [-0.25, -0.2) is 0 Å². The summed E-state index contributed by atoms with van der Waals surface area (Å²) in [6, 6.07) is 4.57. The number of rotatable bonds is 5. The van der Waals surface area contributed by atoms with Crippen molar-refractivity contribution in [1.29, 1.82) is 0 Å². The van der Waals surface area contributed by atoms with Crippen molar-refractivity contribution in [1.82, 2.24) is 5.32 Å². The van der Waals surface area contributed by atoms with Crippen molar-refractivity contribution in [3.05, 3.63) is 23.8 Å². The second-order valence-corrected chi connectivity index (χ2v) is 4.66. The van der Waals surface area contributed by atoms with Crippen LogP contribution < -0.4 is 10.1 Å². The Bertz CT molecular complexity index is 477. The van der Waals surface area contributed by atoms with Crippen LogP contribution in [0.3, 0.4) is 0 Å². The van der Waals surface area contributed by atoms with E-state index in [0.717, 1.165) is 0 Å². The lowest BCUT2D eigenvalue weighted by Gasteiger charge is -2.11. The van der Waals surface area contributed by atoms with E-state index in [1.54, 1.807) is 6.07 Å². The normalized spacial score (nSPS) is 11.5. The van der Waals surface area contributed by atoms with Crippen molar-refractivity contribution < 1.29 is 24.2 Å². The number of amides is 1. The van der Waals surface area contributed by atoms with Crippen molar-refractivity contribution in [2.45, 2.75) is 4.83 Å². The fourth-order valence-electron chi connectivity index (χ4n) is 1.36. The molecule has 19 heavy (non-hydrogen) atoms. The van der Waals surface area contributed by atoms with E-state index in [2.05, 4.69) is 26.0 Å². The summed E-state index contributed by atoms with van der Waals surface area (Å²) in [6.07, 6.45) is 0. The minimum Gasteiger partial charge on any atom is -0.504 e. The van der Waals surface area contributed by atoms with E-state index in [1.165, 1.54) is 26.4 Å². The monoisotopic (exact) mass is 331 g/mol. The highest BCUT2D eigenvalue weighted by atomic mass is 79.9. The number of aromatic hydroxyl groups is 1. The quantitative estimate of drug-likeness (QED) is 0.622. The third-order valence-electron chi connectivity index (χ3n) is 2.36. The lowest BCUT2D eigenvalue weighted by Crippen LogP contribution is -2.33. The number of ether oxygens (including phenoxy) is 2. The molecule has 0 spiro atoms. The number of alkyl halides is 1. The summed E-state index contributed by atoms with van der Waals surface area (Å²) in [5.41, 5.74) is 0.0731. The number of benzene rings is 1. The van der Waals surface area contributed by atoms with Crippen LogP contribution in [0.2, 0.25) is 0 Å². The Labute approximate surface area is 118 Å². The smallest absolute Gasteiger partial charge is 0.321 e. The maximum atomic E-state index is 11.8. The fraction of sp³-hybridized carbons (Fsp3) is 0.333. The van der Waals surface area contributed by atoms with Gasteiger partial charge in [0.25, 0.3) is 5.91 Å². The van der Waals surface area contributed by atoms with E-state index in [1.807, 2.05) is 0 Å². The number of methoxy groups -OCH3 is 2. The molecular formula is C12H14BrNO5. The van der Waals surface area contributed by atoms with Gasteiger partial charge in [-0.1, -0.05) is 22.0 Å². The molecule has 0 saturated carbocycles. The number of nitrogens with one attached hydrogen (secondary N) is 1. The summed E-state index contributed by atoms with van der Waals surface area (Å²) in [4.78, 5) is 22.3. The van der Waals surface area contributed by atoms with E-state index in [0.29, 0.717) is 0 Å². The van der Waals surface area contributed by atoms with Crippen molar-refractivity contribution in [2.24, 2.45) is 0 Å². The number of phenolic OH excluding ortho intramolecular Hbond substituents is 1. The topological polar surface area (TPSA) is 84.9 Å². The van der Waals surface area contributed by atoms with Crippen LogP contribution in [0, 0.1) is 0 Å². The Hall–Kier alpha value is -1.76. The molecule has 2 N–H and O–H groups in total. The Morgan fingerprint density at radius 1 is 1.42 bits per heavy atom. The van der Waals surface area contributed by atoms with Crippen LogP contribution in [0.15, 0.2) is 18.2 Å². The highest BCUT2D eigenvalue weighted by Gasteiger charge is 2.19. The summed E-state index contributed by atoms with van der Waals surface area (Å²) < 4.78 is 9.41. The molecule has 1 amide bonds. The first-order chi connectivity index (χ1) is 9.01. The summed E-state index contributed by atoms with van der Waals surface area (Å²) in [7, 11) is 2.65. The predicted octanol–water partition coefficient (Wildman–Crippen LogP) is 1.07. The van der Waals surface area contributed by atoms with Gasteiger partial charge in [0.15, 0.2) is 11.5 Å². The molecular weight excluding hydrogens is 318 g/mol. The lowest BCUT2D eigenvalue weighted by atomic mass is 10.1. The number of esters is 1. The maximum Gasteiger partial charge on any atom is 0.321 e. The van der Waals surface area contributed by atoms with Gasteiger partial charge in [-0.3, -0.25) is 9.59 Å². The van der Waals surface area contributed by atoms with Gasteiger partial charge in [-0.2, -0.15) is 0 Å².